The number of carbonyl (C=O) groups excluding carboxylic acids is 1. The molecule has 0 radical (unpaired) electrons. The maximum Gasteiger partial charge on any atom is 0.263 e. The van der Waals surface area contributed by atoms with E-state index >= 15 is 0 Å². The van der Waals surface area contributed by atoms with Crippen LogP contribution in [-0.2, 0) is 6.54 Å². The van der Waals surface area contributed by atoms with Gasteiger partial charge in [-0.3, -0.25) is 9.59 Å². The number of pyridine rings is 1. The highest BCUT2D eigenvalue weighted by Crippen LogP contribution is 2.15. The summed E-state index contributed by atoms with van der Waals surface area (Å²) >= 11 is 0. The van der Waals surface area contributed by atoms with Gasteiger partial charge in [-0.25, -0.2) is 0 Å². The van der Waals surface area contributed by atoms with E-state index in [2.05, 4.69) is 5.32 Å². The molecule has 0 bridgehead atoms. The summed E-state index contributed by atoms with van der Waals surface area (Å²) in [5, 5.41) is 2.71. The summed E-state index contributed by atoms with van der Waals surface area (Å²) in [6, 6.07) is 10.2. The monoisotopic (exact) mass is 286 g/mol. The van der Waals surface area contributed by atoms with Crippen LogP contribution in [0.15, 0.2) is 47.4 Å². The number of amides is 1. The third-order valence-electron chi connectivity index (χ3n) is 3.08. The Morgan fingerprint density at radius 3 is 2.57 bits per heavy atom. The second-order valence-corrected chi connectivity index (χ2v) is 4.60. The minimum absolute atomic E-state index is 0.141. The standard InChI is InChI=1S/C16H18N2O3/c1-3-10-18-11-4-5-14(16(18)20)15(19)17-12-6-8-13(21-2)9-7-12/h4-9,11H,3,10H2,1-2H3,(H,17,19). The Bertz CT molecular complexity index is 675. The lowest BCUT2D eigenvalue weighted by molar-refractivity contribution is 0.102. The van der Waals surface area contributed by atoms with Crippen molar-refractivity contribution in [3.8, 4) is 5.75 Å². The summed E-state index contributed by atoms with van der Waals surface area (Å²) in [7, 11) is 1.58. The van der Waals surface area contributed by atoms with E-state index in [9.17, 15) is 9.59 Å². The second-order valence-electron chi connectivity index (χ2n) is 4.60. The Balaban J connectivity index is 2.20. The average molecular weight is 286 g/mol. The van der Waals surface area contributed by atoms with Gasteiger partial charge < -0.3 is 14.6 Å². The number of aryl methyl sites for hydroxylation is 1. The summed E-state index contributed by atoms with van der Waals surface area (Å²) in [6.45, 7) is 2.58. The van der Waals surface area contributed by atoms with Gasteiger partial charge in [-0.05, 0) is 42.8 Å². The Kier molecular flexibility index (Phi) is 4.77. The van der Waals surface area contributed by atoms with Crippen LogP contribution in [0.1, 0.15) is 23.7 Å². The van der Waals surface area contributed by atoms with Gasteiger partial charge in [0, 0.05) is 18.4 Å². The van der Waals surface area contributed by atoms with Crippen LogP contribution >= 0.6 is 0 Å². The first-order valence-electron chi connectivity index (χ1n) is 6.80. The number of carbonyl (C=O) groups is 1. The third kappa shape index (κ3) is 3.51. The molecule has 0 unspecified atom stereocenters. The molecule has 0 saturated carbocycles. The molecule has 0 fully saturated rings. The van der Waals surface area contributed by atoms with Crippen LogP contribution in [-0.4, -0.2) is 17.6 Å². The van der Waals surface area contributed by atoms with E-state index in [1.165, 1.54) is 6.07 Å². The molecule has 110 valence electrons. The summed E-state index contributed by atoms with van der Waals surface area (Å²) in [5.74, 6) is 0.300. The molecule has 1 heterocycles. The number of benzene rings is 1. The quantitative estimate of drug-likeness (QED) is 0.918. The first-order valence-corrected chi connectivity index (χ1v) is 6.80. The Hall–Kier alpha value is -2.56. The molecule has 0 saturated heterocycles. The summed E-state index contributed by atoms with van der Waals surface area (Å²) < 4.78 is 6.60. The zero-order chi connectivity index (χ0) is 15.2. The zero-order valence-corrected chi connectivity index (χ0v) is 12.1. The van der Waals surface area contributed by atoms with Gasteiger partial charge in [-0.15, -0.1) is 0 Å². The van der Waals surface area contributed by atoms with Gasteiger partial charge in [0.05, 0.1) is 7.11 Å². The number of nitrogens with one attached hydrogen (secondary N) is 1. The molecule has 2 rings (SSSR count). The van der Waals surface area contributed by atoms with Crippen molar-refractivity contribution in [2.75, 3.05) is 12.4 Å². The van der Waals surface area contributed by atoms with Gasteiger partial charge in [0.1, 0.15) is 11.3 Å². The second kappa shape index (κ2) is 6.74. The number of anilines is 1. The Labute approximate surface area is 123 Å². The van der Waals surface area contributed by atoms with Crippen LogP contribution in [0.25, 0.3) is 0 Å². The Morgan fingerprint density at radius 2 is 1.95 bits per heavy atom. The van der Waals surface area contributed by atoms with Crippen molar-refractivity contribution in [1.29, 1.82) is 0 Å². The van der Waals surface area contributed by atoms with Crippen molar-refractivity contribution in [2.24, 2.45) is 0 Å². The minimum atomic E-state index is -0.407. The number of methoxy groups -OCH3 is 1. The fraction of sp³-hybridized carbons (Fsp3) is 0.250. The van der Waals surface area contributed by atoms with Gasteiger partial charge in [-0.2, -0.15) is 0 Å². The molecular formula is C16H18N2O3. The highest BCUT2D eigenvalue weighted by Gasteiger charge is 2.12. The number of ether oxygens (including phenoxy) is 1. The summed E-state index contributed by atoms with van der Waals surface area (Å²) in [6.07, 6.45) is 2.53. The van der Waals surface area contributed by atoms with Crippen molar-refractivity contribution < 1.29 is 9.53 Å². The topological polar surface area (TPSA) is 60.3 Å². The van der Waals surface area contributed by atoms with E-state index in [1.807, 2.05) is 6.92 Å². The fourth-order valence-corrected chi connectivity index (χ4v) is 2.00. The van der Waals surface area contributed by atoms with Crippen LogP contribution in [0.4, 0.5) is 5.69 Å². The summed E-state index contributed by atoms with van der Waals surface area (Å²) in [5.41, 5.74) is 0.484. The predicted octanol–water partition coefficient (Wildman–Crippen LogP) is 2.52. The van der Waals surface area contributed by atoms with Crippen molar-refractivity contribution in [2.45, 2.75) is 19.9 Å². The van der Waals surface area contributed by atoms with Crippen molar-refractivity contribution in [3.63, 3.8) is 0 Å². The van der Waals surface area contributed by atoms with Crippen LogP contribution < -0.4 is 15.6 Å². The number of aromatic nitrogens is 1. The van der Waals surface area contributed by atoms with E-state index < -0.39 is 5.91 Å². The summed E-state index contributed by atoms with van der Waals surface area (Å²) in [4.78, 5) is 24.4. The molecule has 0 spiro atoms. The van der Waals surface area contributed by atoms with Crippen LogP contribution in [0, 0.1) is 0 Å². The van der Waals surface area contributed by atoms with E-state index in [-0.39, 0.29) is 11.1 Å². The lowest BCUT2D eigenvalue weighted by Crippen LogP contribution is -2.28. The maximum atomic E-state index is 12.2. The Morgan fingerprint density at radius 1 is 1.24 bits per heavy atom. The van der Waals surface area contributed by atoms with E-state index in [0.717, 1.165) is 6.42 Å². The average Bonchev–Trinajstić information content (AvgIpc) is 2.50. The normalized spacial score (nSPS) is 10.2. The minimum Gasteiger partial charge on any atom is -0.497 e. The molecule has 0 aliphatic rings. The molecule has 2 aromatic rings. The highest BCUT2D eigenvalue weighted by molar-refractivity contribution is 6.03. The number of nitrogens with zero attached hydrogens (tertiary/aromatic N) is 1. The molecule has 1 N–H and O–H groups in total. The highest BCUT2D eigenvalue weighted by atomic mass is 16.5. The maximum absolute atomic E-state index is 12.2. The lowest BCUT2D eigenvalue weighted by atomic mass is 10.2. The molecule has 1 aromatic heterocycles. The molecule has 0 aliphatic carbocycles. The number of rotatable bonds is 5. The van der Waals surface area contributed by atoms with Gasteiger partial charge in [-0.1, -0.05) is 6.92 Å². The van der Waals surface area contributed by atoms with Gasteiger partial charge in [0.15, 0.2) is 0 Å². The fourth-order valence-electron chi connectivity index (χ4n) is 2.00. The molecule has 0 aliphatic heterocycles. The van der Waals surface area contributed by atoms with Gasteiger partial charge in [0.2, 0.25) is 0 Å². The molecule has 0 atom stereocenters. The molecular weight excluding hydrogens is 268 g/mol. The van der Waals surface area contributed by atoms with Crippen molar-refractivity contribution >= 4 is 11.6 Å². The smallest absolute Gasteiger partial charge is 0.263 e. The van der Waals surface area contributed by atoms with Crippen molar-refractivity contribution in [1.82, 2.24) is 4.57 Å². The third-order valence-corrected chi connectivity index (χ3v) is 3.08. The SMILES string of the molecule is CCCn1cccc(C(=O)Nc2ccc(OC)cc2)c1=O. The van der Waals surface area contributed by atoms with Gasteiger partial charge >= 0.3 is 0 Å². The molecule has 1 amide bonds. The first-order chi connectivity index (χ1) is 10.2. The van der Waals surface area contributed by atoms with Gasteiger partial charge in [0.25, 0.3) is 11.5 Å². The molecule has 5 heteroatoms. The number of hydrogen-bond acceptors (Lipinski definition) is 3. The van der Waals surface area contributed by atoms with E-state index in [0.29, 0.717) is 18.0 Å². The van der Waals surface area contributed by atoms with Crippen LogP contribution in [0.5, 0.6) is 5.75 Å². The van der Waals surface area contributed by atoms with E-state index in [4.69, 9.17) is 4.74 Å². The molecule has 5 nitrogen and oxygen atoms in total. The van der Waals surface area contributed by atoms with Crippen LogP contribution in [0.2, 0.25) is 0 Å². The number of hydrogen-bond donors (Lipinski definition) is 1. The predicted molar refractivity (Wildman–Crippen MR) is 81.9 cm³/mol. The molecule has 1 aromatic carbocycles. The largest absolute Gasteiger partial charge is 0.497 e. The molecule has 21 heavy (non-hydrogen) atoms. The zero-order valence-electron chi connectivity index (χ0n) is 12.1. The lowest BCUT2D eigenvalue weighted by Gasteiger charge is -2.08. The van der Waals surface area contributed by atoms with Crippen molar-refractivity contribution in [3.05, 3.63) is 58.5 Å². The van der Waals surface area contributed by atoms with E-state index in [1.54, 1.807) is 48.2 Å². The van der Waals surface area contributed by atoms with Crippen LogP contribution in [0.3, 0.4) is 0 Å². The first kappa shape index (κ1) is 14.8.